The van der Waals surface area contributed by atoms with Crippen molar-refractivity contribution in [2.45, 2.75) is 6.92 Å². The molecule has 0 aliphatic carbocycles. The maximum Gasteiger partial charge on any atom is 0.262 e. The van der Waals surface area contributed by atoms with E-state index in [1.807, 2.05) is 43.3 Å². The van der Waals surface area contributed by atoms with E-state index in [1.165, 1.54) is 6.07 Å². The number of fused-ring (bicyclic) bond motifs is 1. The summed E-state index contributed by atoms with van der Waals surface area (Å²) in [7, 11) is 3.24. The van der Waals surface area contributed by atoms with E-state index in [2.05, 4.69) is 5.32 Å². The van der Waals surface area contributed by atoms with Gasteiger partial charge in [0.1, 0.15) is 11.5 Å². The number of hydrogen-bond acceptors (Lipinski definition) is 4. The summed E-state index contributed by atoms with van der Waals surface area (Å²) in [6.07, 6.45) is 0. The van der Waals surface area contributed by atoms with Crippen LogP contribution in [0.1, 0.15) is 5.56 Å². The number of para-hydroxylation sites is 1. The van der Waals surface area contributed by atoms with Gasteiger partial charge in [0.15, 0.2) is 6.61 Å². The Bertz CT molecular complexity index is 1020. The van der Waals surface area contributed by atoms with Gasteiger partial charge in [-0.1, -0.05) is 18.2 Å². The zero-order valence-electron chi connectivity index (χ0n) is 14.9. The summed E-state index contributed by atoms with van der Waals surface area (Å²) in [6.45, 7) is 1.71. The normalized spacial score (nSPS) is 10.6. The Morgan fingerprint density at radius 1 is 1.12 bits per heavy atom. The standard InChI is InChI=1S/C20H20N2O4/c1-13-8-9-17(25-3)15(10-13)21-19(23)12-26-18-11-20(24)22(2)16-7-5-4-6-14(16)18/h4-11H,12H2,1-3H3,(H,21,23). The maximum atomic E-state index is 12.3. The van der Waals surface area contributed by atoms with E-state index in [0.29, 0.717) is 17.2 Å². The van der Waals surface area contributed by atoms with Crippen molar-refractivity contribution in [1.82, 2.24) is 4.57 Å². The average molecular weight is 352 g/mol. The van der Waals surface area contributed by atoms with Gasteiger partial charge in [0.05, 0.1) is 18.3 Å². The summed E-state index contributed by atoms with van der Waals surface area (Å²) < 4.78 is 12.4. The molecule has 1 aromatic heterocycles. The number of methoxy groups -OCH3 is 1. The predicted molar refractivity (Wildman–Crippen MR) is 101 cm³/mol. The molecule has 0 fully saturated rings. The van der Waals surface area contributed by atoms with Crippen molar-refractivity contribution < 1.29 is 14.3 Å². The van der Waals surface area contributed by atoms with Gasteiger partial charge in [-0.2, -0.15) is 0 Å². The van der Waals surface area contributed by atoms with Crippen LogP contribution in [0.15, 0.2) is 53.3 Å². The van der Waals surface area contributed by atoms with Crippen LogP contribution in [0, 0.1) is 6.92 Å². The highest BCUT2D eigenvalue weighted by Gasteiger charge is 2.11. The monoisotopic (exact) mass is 352 g/mol. The zero-order valence-corrected chi connectivity index (χ0v) is 14.9. The second kappa shape index (κ2) is 7.31. The van der Waals surface area contributed by atoms with Gasteiger partial charge in [-0.15, -0.1) is 0 Å². The first-order chi connectivity index (χ1) is 12.5. The van der Waals surface area contributed by atoms with Crippen molar-refractivity contribution in [1.29, 1.82) is 0 Å². The fourth-order valence-electron chi connectivity index (χ4n) is 2.75. The molecule has 1 N–H and O–H groups in total. The van der Waals surface area contributed by atoms with Gasteiger partial charge in [0, 0.05) is 18.5 Å². The molecule has 0 atom stereocenters. The fraction of sp³-hybridized carbons (Fsp3) is 0.200. The number of hydrogen-bond donors (Lipinski definition) is 1. The Labute approximate surface area is 151 Å². The van der Waals surface area contributed by atoms with E-state index < -0.39 is 0 Å². The Morgan fingerprint density at radius 3 is 2.65 bits per heavy atom. The molecule has 0 unspecified atom stereocenters. The zero-order chi connectivity index (χ0) is 18.7. The van der Waals surface area contributed by atoms with E-state index in [1.54, 1.807) is 24.8 Å². The number of benzene rings is 2. The quantitative estimate of drug-likeness (QED) is 0.767. The van der Waals surface area contributed by atoms with Gasteiger partial charge in [0.25, 0.3) is 11.5 Å². The molecular weight excluding hydrogens is 332 g/mol. The molecule has 0 radical (unpaired) electrons. The highest BCUT2D eigenvalue weighted by molar-refractivity contribution is 5.94. The van der Waals surface area contributed by atoms with Crippen molar-refractivity contribution in [3.8, 4) is 11.5 Å². The molecule has 3 aromatic rings. The number of aromatic nitrogens is 1. The summed E-state index contributed by atoms with van der Waals surface area (Å²) in [5.74, 6) is 0.622. The highest BCUT2D eigenvalue weighted by atomic mass is 16.5. The number of amides is 1. The van der Waals surface area contributed by atoms with Crippen LogP contribution in [0.25, 0.3) is 10.9 Å². The number of ether oxygens (including phenoxy) is 2. The van der Waals surface area contributed by atoms with Crippen LogP contribution in [-0.2, 0) is 11.8 Å². The van der Waals surface area contributed by atoms with E-state index in [0.717, 1.165) is 16.5 Å². The lowest BCUT2D eigenvalue weighted by atomic mass is 10.2. The molecule has 0 aliphatic heterocycles. The number of nitrogens with one attached hydrogen (secondary N) is 1. The van der Waals surface area contributed by atoms with Gasteiger partial charge in [-0.3, -0.25) is 9.59 Å². The van der Waals surface area contributed by atoms with Crippen LogP contribution in [-0.4, -0.2) is 24.2 Å². The second-order valence-corrected chi connectivity index (χ2v) is 5.96. The number of pyridine rings is 1. The van der Waals surface area contributed by atoms with Crippen molar-refractivity contribution in [3.63, 3.8) is 0 Å². The minimum Gasteiger partial charge on any atom is -0.495 e. The summed E-state index contributed by atoms with van der Waals surface area (Å²) >= 11 is 0. The summed E-state index contributed by atoms with van der Waals surface area (Å²) in [4.78, 5) is 24.4. The average Bonchev–Trinajstić information content (AvgIpc) is 2.64. The largest absolute Gasteiger partial charge is 0.495 e. The minimum absolute atomic E-state index is 0.195. The van der Waals surface area contributed by atoms with Gasteiger partial charge in [0.2, 0.25) is 0 Å². The molecule has 0 aliphatic rings. The van der Waals surface area contributed by atoms with Crippen molar-refractivity contribution >= 4 is 22.5 Å². The van der Waals surface area contributed by atoms with Gasteiger partial charge in [-0.25, -0.2) is 0 Å². The molecule has 0 saturated carbocycles. The number of nitrogens with zero attached hydrogens (tertiary/aromatic N) is 1. The SMILES string of the molecule is COc1ccc(C)cc1NC(=O)COc1cc(=O)n(C)c2ccccc12. The van der Waals surface area contributed by atoms with Crippen LogP contribution in [0.4, 0.5) is 5.69 Å². The Balaban J connectivity index is 1.79. The van der Waals surface area contributed by atoms with Crippen LogP contribution < -0.4 is 20.3 Å². The van der Waals surface area contributed by atoms with E-state index in [-0.39, 0.29) is 18.1 Å². The lowest BCUT2D eigenvalue weighted by Crippen LogP contribution is -2.22. The van der Waals surface area contributed by atoms with Crippen LogP contribution in [0.5, 0.6) is 11.5 Å². The first kappa shape index (κ1) is 17.5. The van der Waals surface area contributed by atoms with E-state index in [9.17, 15) is 9.59 Å². The number of carbonyl (C=O) groups excluding carboxylic acids is 1. The molecule has 0 bridgehead atoms. The van der Waals surface area contributed by atoms with Gasteiger partial charge in [-0.05, 0) is 36.8 Å². The van der Waals surface area contributed by atoms with Gasteiger partial charge < -0.3 is 19.4 Å². The molecule has 6 nitrogen and oxygen atoms in total. The molecule has 0 spiro atoms. The second-order valence-electron chi connectivity index (χ2n) is 5.96. The number of rotatable bonds is 5. The first-order valence-electron chi connectivity index (χ1n) is 8.15. The molecule has 6 heteroatoms. The number of carbonyl (C=O) groups is 1. The number of aryl methyl sites for hydroxylation is 2. The van der Waals surface area contributed by atoms with Crippen LogP contribution in [0.2, 0.25) is 0 Å². The summed E-state index contributed by atoms with van der Waals surface area (Å²) in [5.41, 5.74) is 2.13. The van der Waals surface area contributed by atoms with E-state index in [4.69, 9.17) is 9.47 Å². The van der Waals surface area contributed by atoms with Crippen LogP contribution >= 0.6 is 0 Å². The molecule has 0 saturated heterocycles. The third-order valence-electron chi connectivity index (χ3n) is 4.10. The topological polar surface area (TPSA) is 69.6 Å². The van der Waals surface area contributed by atoms with Crippen LogP contribution in [0.3, 0.4) is 0 Å². The molecule has 2 aromatic carbocycles. The molecule has 1 amide bonds. The third-order valence-corrected chi connectivity index (χ3v) is 4.10. The summed E-state index contributed by atoms with van der Waals surface area (Å²) in [6, 6.07) is 14.3. The van der Waals surface area contributed by atoms with Crippen molar-refractivity contribution in [2.24, 2.45) is 7.05 Å². The van der Waals surface area contributed by atoms with Crippen molar-refractivity contribution in [2.75, 3.05) is 19.0 Å². The van der Waals surface area contributed by atoms with Gasteiger partial charge >= 0.3 is 0 Å². The molecule has 3 rings (SSSR count). The predicted octanol–water partition coefficient (Wildman–Crippen LogP) is 2.87. The Hall–Kier alpha value is -3.28. The molecular formula is C20H20N2O4. The smallest absolute Gasteiger partial charge is 0.262 e. The third kappa shape index (κ3) is 3.54. The van der Waals surface area contributed by atoms with Crippen molar-refractivity contribution in [3.05, 3.63) is 64.4 Å². The lowest BCUT2D eigenvalue weighted by Gasteiger charge is -2.13. The molecule has 134 valence electrons. The molecule has 26 heavy (non-hydrogen) atoms. The number of anilines is 1. The summed E-state index contributed by atoms with van der Waals surface area (Å²) in [5, 5.41) is 3.55. The Morgan fingerprint density at radius 2 is 1.88 bits per heavy atom. The maximum absolute atomic E-state index is 12.3. The lowest BCUT2D eigenvalue weighted by molar-refractivity contribution is -0.118. The minimum atomic E-state index is -0.335. The Kier molecular flexibility index (Phi) is 4.93. The molecule has 1 heterocycles. The van der Waals surface area contributed by atoms with E-state index >= 15 is 0 Å². The fourth-order valence-corrected chi connectivity index (χ4v) is 2.75. The first-order valence-corrected chi connectivity index (χ1v) is 8.15. The highest BCUT2D eigenvalue weighted by Crippen LogP contribution is 2.26.